The van der Waals surface area contributed by atoms with Gasteiger partial charge in [-0.15, -0.1) is 0 Å². The second-order valence-corrected chi connectivity index (χ2v) is 7.57. The van der Waals surface area contributed by atoms with Gasteiger partial charge in [0.2, 0.25) is 0 Å². The molecule has 1 aliphatic rings. The molecule has 1 fully saturated rings. The molecule has 1 saturated carbocycles. The van der Waals surface area contributed by atoms with Crippen LogP contribution in [0.3, 0.4) is 0 Å². The average molecular weight is 358 g/mol. The van der Waals surface area contributed by atoms with E-state index in [2.05, 4.69) is 17.0 Å². The van der Waals surface area contributed by atoms with E-state index in [0.29, 0.717) is 11.3 Å². The Bertz CT molecular complexity index is 1180. The molecule has 3 heterocycles. The molecule has 1 aliphatic carbocycles. The van der Waals surface area contributed by atoms with Crippen LogP contribution in [0.15, 0.2) is 59.8 Å². The number of fused-ring (bicyclic) bond motifs is 3. The summed E-state index contributed by atoms with van der Waals surface area (Å²) in [5.74, 6) is 0.528. The molecule has 5 heteroatoms. The topological polar surface area (TPSA) is 52.2 Å². The van der Waals surface area contributed by atoms with E-state index >= 15 is 0 Å². The molecule has 0 saturated heterocycles. The van der Waals surface area contributed by atoms with Crippen LogP contribution in [-0.2, 0) is 0 Å². The SMILES string of the molecule is C[C@H]1CCCC[C@H]1n1ccc2c(cnc3c(-c4ccccc4)cnn32)c1=O. The van der Waals surface area contributed by atoms with Crippen LogP contribution in [-0.4, -0.2) is 19.2 Å². The molecule has 0 amide bonds. The summed E-state index contributed by atoms with van der Waals surface area (Å²) in [5, 5.41) is 5.16. The molecule has 3 aromatic heterocycles. The van der Waals surface area contributed by atoms with Gasteiger partial charge in [-0.3, -0.25) is 4.79 Å². The molecule has 2 atom stereocenters. The van der Waals surface area contributed by atoms with Crippen molar-refractivity contribution in [1.82, 2.24) is 19.2 Å². The molecule has 5 nitrogen and oxygen atoms in total. The Kier molecular flexibility index (Phi) is 3.81. The number of benzene rings is 1. The van der Waals surface area contributed by atoms with Crippen molar-refractivity contribution in [1.29, 1.82) is 0 Å². The second kappa shape index (κ2) is 6.34. The zero-order chi connectivity index (χ0) is 18.4. The summed E-state index contributed by atoms with van der Waals surface area (Å²) >= 11 is 0. The highest BCUT2D eigenvalue weighted by Crippen LogP contribution is 2.33. The summed E-state index contributed by atoms with van der Waals surface area (Å²) in [7, 11) is 0. The lowest BCUT2D eigenvalue weighted by molar-refractivity contribution is 0.253. The molecule has 0 bridgehead atoms. The van der Waals surface area contributed by atoms with Gasteiger partial charge in [-0.2, -0.15) is 5.10 Å². The molecule has 0 unspecified atom stereocenters. The highest BCUT2D eigenvalue weighted by molar-refractivity contribution is 5.84. The maximum Gasteiger partial charge on any atom is 0.261 e. The number of pyridine rings is 1. The first kappa shape index (κ1) is 16.2. The van der Waals surface area contributed by atoms with Crippen LogP contribution >= 0.6 is 0 Å². The highest BCUT2D eigenvalue weighted by atomic mass is 16.1. The van der Waals surface area contributed by atoms with E-state index in [1.165, 1.54) is 19.3 Å². The molecular weight excluding hydrogens is 336 g/mol. The molecule has 27 heavy (non-hydrogen) atoms. The van der Waals surface area contributed by atoms with Gasteiger partial charge in [-0.25, -0.2) is 9.50 Å². The Morgan fingerprint density at radius 2 is 1.85 bits per heavy atom. The lowest BCUT2D eigenvalue weighted by atomic mass is 9.85. The lowest BCUT2D eigenvalue weighted by Gasteiger charge is -2.30. The summed E-state index contributed by atoms with van der Waals surface area (Å²) < 4.78 is 3.70. The zero-order valence-electron chi connectivity index (χ0n) is 15.4. The van der Waals surface area contributed by atoms with Gasteiger partial charge in [0.15, 0.2) is 5.65 Å². The van der Waals surface area contributed by atoms with Gasteiger partial charge in [-0.1, -0.05) is 50.1 Å². The number of hydrogen-bond acceptors (Lipinski definition) is 3. The van der Waals surface area contributed by atoms with Crippen molar-refractivity contribution in [3.05, 3.63) is 65.3 Å². The fraction of sp³-hybridized carbons (Fsp3) is 0.318. The smallest absolute Gasteiger partial charge is 0.261 e. The predicted octanol–water partition coefficient (Wildman–Crippen LogP) is 4.46. The van der Waals surface area contributed by atoms with Crippen LogP contribution in [0.5, 0.6) is 0 Å². The van der Waals surface area contributed by atoms with E-state index < -0.39 is 0 Å². The fourth-order valence-electron chi connectivity index (χ4n) is 4.42. The van der Waals surface area contributed by atoms with Gasteiger partial charge in [-0.05, 0) is 30.4 Å². The Morgan fingerprint density at radius 3 is 2.67 bits per heavy atom. The van der Waals surface area contributed by atoms with E-state index in [-0.39, 0.29) is 11.6 Å². The second-order valence-electron chi connectivity index (χ2n) is 7.57. The van der Waals surface area contributed by atoms with Crippen LogP contribution < -0.4 is 5.56 Å². The van der Waals surface area contributed by atoms with Crippen LogP contribution in [0.4, 0.5) is 0 Å². The van der Waals surface area contributed by atoms with Gasteiger partial charge >= 0.3 is 0 Å². The Labute approximate surface area is 157 Å². The predicted molar refractivity (Wildman–Crippen MR) is 107 cm³/mol. The summed E-state index contributed by atoms with van der Waals surface area (Å²) in [6.45, 7) is 2.25. The van der Waals surface area contributed by atoms with Crippen molar-refractivity contribution in [2.75, 3.05) is 0 Å². The summed E-state index contributed by atoms with van der Waals surface area (Å²) in [6, 6.07) is 12.4. The monoisotopic (exact) mass is 358 g/mol. The minimum atomic E-state index is 0.0393. The first-order valence-electron chi connectivity index (χ1n) is 9.67. The van der Waals surface area contributed by atoms with Crippen molar-refractivity contribution in [2.45, 2.75) is 38.6 Å². The van der Waals surface area contributed by atoms with Crippen molar-refractivity contribution in [3.63, 3.8) is 0 Å². The van der Waals surface area contributed by atoms with Crippen LogP contribution in [0.25, 0.3) is 27.7 Å². The highest BCUT2D eigenvalue weighted by Gasteiger charge is 2.24. The molecule has 4 aromatic rings. The van der Waals surface area contributed by atoms with E-state index in [1.807, 2.05) is 53.4 Å². The van der Waals surface area contributed by atoms with Gasteiger partial charge in [0.1, 0.15) is 0 Å². The zero-order valence-corrected chi connectivity index (χ0v) is 15.4. The number of rotatable bonds is 2. The van der Waals surface area contributed by atoms with E-state index in [4.69, 9.17) is 0 Å². The Balaban J connectivity index is 1.68. The number of aromatic nitrogens is 4. The molecule has 0 spiro atoms. The van der Waals surface area contributed by atoms with E-state index in [9.17, 15) is 4.79 Å². The molecule has 136 valence electrons. The molecule has 0 radical (unpaired) electrons. The Hall–Kier alpha value is -2.95. The maximum atomic E-state index is 13.2. The first-order valence-corrected chi connectivity index (χ1v) is 9.67. The standard InChI is InChI=1S/C22H22N4O/c1-15-7-5-6-10-19(15)25-12-11-20-18(22(25)27)13-23-21-17(14-24-26(20)21)16-8-3-2-4-9-16/h2-4,8-9,11-15,19H,5-7,10H2,1H3/t15-,19+/m0/s1. The first-order chi connectivity index (χ1) is 13.2. The molecule has 0 aliphatic heterocycles. The lowest BCUT2D eigenvalue weighted by Crippen LogP contribution is -2.30. The third-order valence-electron chi connectivity index (χ3n) is 5.93. The molecule has 1 aromatic carbocycles. The van der Waals surface area contributed by atoms with Crippen molar-refractivity contribution < 1.29 is 0 Å². The molecule has 5 rings (SSSR count). The van der Waals surface area contributed by atoms with Crippen molar-refractivity contribution >= 4 is 16.6 Å². The average Bonchev–Trinajstić information content (AvgIpc) is 3.14. The third kappa shape index (κ3) is 2.57. The largest absolute Gasteiger partial charge is 0.312 e. The quantitative estimate of drug-likeness (QED) is 0.531. The summed E-state index contributed by atoms with van der Waals surface area (Å²) in [5.41, 5.74) is 3.67. The number of hydrogen-bond donors (Lipinski definition) is 0. The minimum absolute atomic E-state index is 0.0393. The third-order valence-corrected chi connectivity index (χ3v) is 5.93. The Morgan fingerprint density at radius 1 is 1.04 bits per heavy atom. The van der Waals surface area contributed by atoms with Crippen molar-refractivity contribution in [3.8, 4) is 11.1 Å². The van der Waals surface area contributed by atoms with Crippen LogP contribution in [0, 0.1) is 5.92 Å². The normalized spacial score (nSPS) is 20.3. The van der Waals surface area contributed by atoms with Crippen molar-refractivity contribution in [2.24, 2.45) is 5.92 Å². The van der Waals surface area contributed by atoms with E-state index in [1.54, 1.807) is 10.7 Å². The van der Waals surface area contributed by atoms with E-state index in [0.717, 1.165) is 28.7 Å². The van der Waals surface area contributed by atoms with Gasteiger partial charge in [0.25, 0.3) is 5.56 Å². The van der Waals surface area contributed by atoms with Crippen LogP contribution in [0.2, 0.25) is 0 Å². The fourth-order valence-corrected chi connectivity index (χ4v) is 4.42. The maximum absolute atomic E-state index is 13.2. The van der Waals surface area contributed by atoms with Crippen LogP contribution in [0.1, 0.15) is 38.6 Å². The number of nitrogens with zero attached hydrogens (tertiary/aromatic N) is 4. The van der Waals surface area contributed by atoms with Gasteiger partial charge in [0.05, 0.1) is 17.1 Å². The molecular formula is C22H22N4O. The minimum Gasteiger partial charge on any atom is -0.312 e. The summed E-state index contributed by atoms with van der Waals surface area (Å²) in [6.07, 6.45) is 10.2. The molecule has 0 N–H and O–H groups in total. The van der Waals surface area contributed by atoms with Gasteiger partial charge in [0, 0.05) is 24.0 Å². The summed E-state index contributed by atoms with van der Waals surface area (Å²) in [4.78, 5) is 17.8. The van der Waals surface area contributed by atoms with Gasteiger partial charge < -0.3 is 4.57 Å².